The molecule has 0 unspecified atom stereocenters. The number of carbonyl (C=O) groups excluding carboxylic acids is 2. The Morgan fingerprint density at radius 1 is 0.621 bits per heavy atom. The summed E-state index contributed by atoms with van der Waals surface area (Å²) in [7, 11) is 0. The van der Waals surface area contributed by atoms with Crippen LogP contribution in [0.15, 0.2) is 48.5 Å². The predicted molar refractivity (Wildman–Crippen MR) is 119 cm³/mol. The molecule has 0 bridgehead atoms. The number of hydrogen-bond acceptors (Lipinski definition) is 2. The maximum absolute atomic E-state index is 12.4. The lowest BCUT2D eigenvalue weighted by Gasteiger charge is -2.32. The molecule has 0 aromatic heterocycles. The number of imide groups is 1. The summed E-state index contributed by atoms with van der Waals surface area (Å²) < 4.78 is 0. The Balaban J connectivity index is 2.09. The molecule has 4 rings (SSSR count). The van der Waals surface area contributed by atoms with Gasteiger partial charge in [-0.1, -0.05) is 84.0 Å². The minimum atomic E-state index is -0.317. The van der Waals surface area contributed by atoms with Crippen molar-refractivity contribution < 1.29 is 9.59 Å². The number of amides is 2. The fraction of sp³-hybridized carbons (Fsp3) is 0.308. The predicted octanol–water partition coefficient (Wildman–Crippen LogP) is 5.99. The Morgan fingerprint density at radius 3 is 1.93 bits per heavy atom. The molecule has 0 spiro atoms. The standard InChI is InChI=1S/C26H27NO2/c1-25(2,3)20-12-8-11-18(22(20)26(4,5)6)15-9-7-10-17-16(15)13-14-19-21(17)24(29)27-23(19)28/h7-14H,1-6H3,(H,27,28,29). The van der Waals surface area contributed by atoms with Crippen LogP contribution in [-0.4, -0.2) is 11.8 Å². The van der Waals surface area contributed by atoms with E-state index >= 15 is 0 Å². The monoisotopic (exact) mass is 385 g/mol. The summed E-state index contributed by atoms with van der Waals surface area (Å²) >= 11 is 0. The molecule has 0 saturated heterocycles. The molecule has 3 nitrogen and oxygen atoms in total. The Hall–Kier alpha value is -2.94. The van der Waals surface area contributed by atoms with Crippen molar-refractivity contribution in [2.45, 2.75) is 52.4 Å². The molecule has 1 aliphatic rings. The summed E-state index contributed by atoms with van der Waals surface area (Å²) in [6.45, 7) is 13.5. The minimum Gasteiger partial charge on any atom is -0.288 e. The number of rotatable bonds is 1. The van der Waals surface area contributed by atoms with E-state index < -0.39 is 0 Å². The van der Waals surface area contributed by atoms with Crippen LogP contribution < -0.4 is 5.32 Å². The number of nitrogens with one attached hydrogen (secondary N) is 1. The van der Waals surface area contributed by atoms with Gasteiger partial charge in [-0.2, -0.15) is 0 Å². The van der Waals surface area contributed by atoms with Gasteiger partial charge in [0.25, 0.3) is 11.8 Å². The van der Waals surface area contributed by atoms with Gasteiger partial charge in [0.2, 0.25) is 0 Å². The number of benzene rings is 3. The third-order valence-electron chi connectivity index (χ3n) is 5.67. The zero-order valence-electron chi connectivity index (χ0n) is 17.9. The highest BCUT2D eigenvalue weighted by Crippen LogP contribution is 2.43. The first-order chi connectivity index (χ1) is 13.5. The summed E-state index contributed by atoms with van der Waals surface area (Å²) in [6, 6.07) is 16.3. The van der Waals surface area contributed by atoms with Crippen LogP contribution in [0.25, 0.3) is 21.9 Å². The molecular formula is C26H27NO2. The van der Waals surface area contributed by atoms with Gasteiger partial charge in [-0.25, -0.2) is 0 Å². The van der Waals surface area contributed by atoms with Gasteiger partial charge in [0, 0.05) is 0 Å². The van der Waals surface area contributed by atoms with Crippen molar-refractivity contribution in [1.82, 2.24) is 5.32 Å². The Bertz CT molecular complexity index is 1170. The number of carbonyl (C=O) groups is 2. The van der Waals surface area contributed by atoms with Gasteiger partial charge in [-0.3, -0.25) is 14.9 Å². The van der Waals surface area contributed by atoms with Crippen LogP contribution in [0.5, 0.6) is 0 Å². The largest absolute Gasteiger partial charge is 0.288 e. The lowest BCUT2D eigenvalue weighted by molar-refractivity contribution is 0.0880. The average Bonchev–Trinajstić information content (AvgIpc) is 2.93. The third-order valence-corrected chi connectivity index (χ3v) is 5.67. The number of hydrogen-bond donors (Lipinski definition) is 1. The van der Waals surface area contributed by atoms with E-state index in [4.69, 9.17) is 0 Å². The second-order valence-electron chi connectivity index (χ2n) is 9.90. The Labute approximate surface area is 172 Å². The van der Waals surface area contributed by atoms with Gasteiger partial charge in [-0.15, -0.1) is 0 Å². The molecule has 0 atom stereocenters. The molecule has 0 saturated carbocycles. The molecule has 3 aromatic carbocycles. The van der Waals surface area contributed by atoms with Gasteiger partial charge in [0.05, 0.1) is 11.1 Å². The smallest absolute Gasteiger partial charge is 0.259 e. The summed E-state index contributed by atoms with van der Waals surface area (Å²) in [6.07, 6.45) is 0. The fourth-order valence-electron chi connectivity index (χ4n) is 4.47. The molecule has 3 heteroatoms. The van der Waals surface area contributed by atoms with Crippen LogP contribution >= 0.6 is 0 Å². The van der Waals surface area contributed by atoms with Crippen molar-refractivity contribution in [2.24, 2.45) is 0 Å². The van der Waals surface area contributed by atoms with Crippen molar-refractivity contribution >= 4 is 22.6 Å². The first-order valence-electron chi connectivity index (χ1n) is 10.1. The van der Waals surface area contributed by atoms with Crippen LogP contribution in [0.4, 0.5) is 0 Å². The lowest BCUT2D eigenvalue weighted by Crippen LogP contribution is -2.23. The molecule has 29 heavy (non-hydrogen) atoms. The lowest BCUT2D eigenvalue weighted by atomic mass is 9.72. The van der Waals surface area contributed by atoms with Gasteiger partial charge in [0.1, 0.15) is 0 Å². The van der Waals surface area contributed by atoms with Crippen molar-refractivity contribution in [3.05, 3.63) is 70.8 Å². The maximum Gasteiger partial charge on any atom is 0.259 e. The van der Waals surface area contributed by atoms with Crippen LogP contribution in [0.1, 0.15) is 73.4 Å². The van der Waals surface area contributed by atoms with Crippen LogP contribution in [0.2, 0.25) is 0 Å². The highest BCUT2D eigenvalue weighted by Gasteiger charge is 2.31. The second kappa shape index (κ2) is 6.28. The van der Waals surface area contributed by atoms with E-state index in [9.17, 15) is 9.59 Å². The van der Waals surface area contributed by atoms with Crippen molar-refractivity contribution in [3.8, 4) is 11.1 Å². The van der Waals surface area contributed by atoms with E-state index in [1.807, 2.05) is 18.2 Å². The maximum atomic E-state index is 12.4. The van der Waals surface area contributed by atoms with Crippen molar-refractivity contribution in [1.29, 1.82) is 0 Å². The highest BCUT2D eigenvalue weighted by molar-refractivity contribution is 6.27. The SMILES string of the molecule is CC(C)(C)c1cccc(-c2cccc3c4c(ccc23)C(=O)NC4=O)c1C(C)(C)C. The fourth-order valence-corrected chi connectivity index (χ4v) is 4.47. The molecule has 2 amide bonds. The van der Waals surface area contributed by atoms with Crippen LogP contribution in [0.3, 0.4) is 0 Å². The van der Waals surface area contributed by atoms with E-state index in [-0.39, 0.29) is 22.6 Å². The van der Waals surface area contributed by atoms with Gasteiger partial charge in [0.15, 0.2) is 0 Å². The molecular weight excluding hydrogens is 358 g/mol. The second-order valence-corrected chi connectivity index (χ2v) is 9.90. The first kappa shape index (κ1) is 19.4. The molecule has 0 aliphatic carbocycles. The Kier molecular flexibility index (Phi) is 4.20. The third kappa shape index (κ3) is 3.05. The first-order valence-corrected chi connectivity index (χ1v) is 10.1. The molecule has 0 radical (unpaired) electrons. The zero-order valence-corrected chi connectivity index (χ0v) is 17.9. The van der Waals surface area contributed by atoms with Gasteiger partial charge in [-0.05, 0) is 49.9 Å². The molecule has 3 aromatic rings. The van der Waals surface area contributed by atoms with Crippen LogP contribution in [-0.2, 0) is 10.8 Å². The van der Waals surface area contributed by atoms with E-state index in [2.05, 4.69) is 71.1 Å². The summed E-state index contributed by atoms with van der Waals surface area (Å²) in [4.78, 5) is 24.5. The van der Waals surface area contributed by atoms with Gasteiger partial charge >= 0.3 is 0 Å². The van der Waals surface area contributed by atoms with Crippen molar-refractivity contribution in [3.63, 3.8) is 0 Å². The van der Waals surface area contributed by atoms with E-state index in [0.717, 1.165) is 16.3 Å². The molecule has 0 fully saturated rings. The molecule has 1 N–H and O–H groups in total. The van der Waals surface area contributed by atoms with E-state index in [0.29, 0.717) is 11.1 Å². The van der Waals surface area contributed by atoms with Gasteiger partial charge < -0.3 is 0 Å². The summed E-state index contributed by atoms with van der Waals surface area (Å²) in [5.41, 5.74) is 5.82. The summed E-state index contributed by atoms with van der Waals surface area (Å²) in [5.74, 6) is -0.630. The van der Waals surface area contributed by atoms with Crippen molar-refractivity contribution in [2.75, 3.05) is 0 Å². The topological polar surface area (TPSA) is 46.2 Å². The van der Waals surface area contributed by atoms with Crippen LogP contribution in [0, 0.1) is 0 Å². The summed E-state index contributed by atoms with van der Waals surface area (Å²) in [5, 5.41) is 4.24. The average molecular weight is 386 g/mol. The normalized spacial score (nSPS) is 14.3. The molecule has 1 aliphatic heterocycles. The Morgan fingerprint density at radius 2 is 1.28 bits per heavy atom. The van der Waals surface area contributed by atoms with E-state index in [1.54, 1.807) is 6.07 Å². The zero-order chi connectivity index (χ0) is 21.1. The van der Waals surface area contributed by atoms with E-state index in [1.165, 1.54) is 16.7 Å². The molecule has 148 valence electrons. The highest BCUT2D eigenvalue weighted by atomic mass is 16.2. The minimum absolute atomic E-state index is 0.0107. The quantitative estimate of drug-likeness (QED) is 0.523. The molecule has 1 heterocycles. The number of fused-ring (bicyclic) bond motifs is 3.